The Bertz CT molecular complexity index is 826. The maximum atomic E-state index is 12.8. The standard InChI is InChI=1S/C20H24N2O6/c1-6-27-19(23)16-12(4)21-13(5)17(20(24)28-11(2)3)18(16)14-7-9-15(10-8-14)22(25)26/h7-11,16,18,21H,4,6H2,1-3,5H3. The van der Waals surface area contributed by atoms with Crippen LogP contribution in [0.5, 0.6) is 0 Å². The first-order valence-corrected chi connectivity index (χ1v) is 8.95. The molecule has 1 heterocycles. The van der Waals surface area contributed by atoms with Gasteiger partial charge in [0, 0.05) is 29.4 Å². The van der Waals surface area contributed by atoms with Gasteiger partial charge in [0.05, 0.1) is 23.2 Å². The van der Waals surface area contributed by atoms with Crippen LogP contribution in [0.25, 0.3) is 0 Å². The molecule has 1 aliphatic rings. The van der Waals surface area contributed by atoms with Crippen molar-refractivity contribution >= 4 is 17.6 Å². The van der Waals surface area contributed by atoms with Crippen molar-refractivity contribution in [3.05, 3.63) is 63.5 Å². The van der Waals surface area contributed by atoms with Gasteiger partial charge in [-0.2, -0.15) is 0 Å². The second-order valence-electron chi connectivity index (χ2n) is 6.70. The van der Waals surface area contributed by atoms with Gasteiger partial charge in [-0.3, -0.25) is 14.9 Å². The smallest absolute Gasteiger partial charge is 0.336 e. The molecule has 2 unspecified atom stereocenters. The summed E-state index contributed by atoms with van der Waals surface area (Å²) in [6, 6.07) is 5.74. The molecule has 1 aromatic rings. The molecule has 0 saturated carbocycles. The fourth-order valence-corrected chi connectivity index (χ4v) is 3.22. The Morgan fingerprint density at radius 1 is 1.29 bits per heavy atom. The topological polar surface area (TPSA) is 108 Å². The van der Waals surface area contributed by atoms with E-state index < -0.39 is 28.7 Å². The minimum atomic E-state index is -0.875. The van der Waals surface area contributed by atoms with E-state index in [1.807, 2.05) is 0 Å². The van der Waals surface area contributed by atoms with E-state index in [1.54, 1.807) is 27.7 Å². The Balaban J connectivity index is 2.60. The van der Waals surface area contributed by atoms with Gasteiger partial charge in [-0.05, 0) is 33.3 Å². The normalized spacial score (nSPS) is 19.2. The molecule has 0 amide bonds. The van der Waals surface area contributed by atoms with Crippen LogP contribution in [0.2, 0.25) is 0 Å². The Morgan fingerprint density at radius 3 is 2.39 bits per heavy atom. The molecule has 0 bridgehead atoms. The predicted molar refractivity (Wildman–Crippen MR) is 102 cm³/mol. The molecule has 0 spiro atoms. The van der Waals surface area contributed by atoms with Crippen molar-refractivity contribution in [2.24, 2.45) is 5.92 Å². The van der Waals surface area contributed by atoms with E-state index in [0.717, 1.165) is 0 Å². The number of nitrogens with zero attached hydrogens (tertiary/aromatic N) is 1. The molecular weight excluding hydrogens is 364 g/mol. The third kappa shape index (κ3) is 4.39. The number of esters is 2. The summed E-state index contributed by atoms with van der Waals surface area (Å²) in [5.41, 5.74) is 1.64. The second kappa shape index (κ2) is 8.69. The maximum Gasteiger partial charge on any atom is 0.336 e. The predicted octanol–water partition coefficient (Wildman–Crippen LogP) is 3.20. The van der Waals surface area contributed by atoms with Crippen molar-refractivity contribution in [2.45, 2.75) is 39.7 Å². The molecule has 2 rings (SSSR count). The summed E-state index contributed by atoms with van der Waals surface area (Å²) in [6.07, 6.45) is -0.350. The molecule has 0 saturated heterocycles. The van der Waals surface area contributed by atoms with Gasteiger partial charge in [0.2, 0.25) is 0 Å². The Morgan fingerprint density at radius 2 is 1.89 bits per heavy atom. The number of benzene rings is 1. The summed E-state index contributed by atoms with van der Waals surface area (Å²) in [7, 11) is 0. The number of ether oxygens (including phenoxy) is 2. The van der Waals surface area contributed by atoms with Crippen LogP contribution >= 0.6 is 0 Å². The number of nitrogens with one attached hydrogen (secondary N) is 1. The Kier molecular flexibility index (Phi) is 6.56. The fraction of sp³-hybridized carbons (Fsp3) is 0.400. The first kappa shape index (κ1) is 21.1. The van der Waals surface area contributed by atoms with E-state index in [1.165, 1.54) is 24.3 Å². The number of nitro groups is 1. The Labute approximate surface area is 163 Å². The number of carbonyl (C=O) groups excluding carboxylic acids is 2. The van der Waals surface area contributed by atoms with Gasteiger partial charge in [-0.25, -0.2) is 4.79 Å². The summed E-state index contributed by atoms with van der Waals surface area (Å²) < 4.78 is 10.6. The third-order valence-electron chi connectivity index (χ3n) is 4.34. The maximum absolute atomic E-state index is 12.8. The highest BCUT2D eigenvalue weighted by Crippen LogP contribution is 2.41. The van der Waals surface area contributed by atoms with Crippen molar-refractivity contribution in [3.8, 4) is 0 Å². The van der Waals surface area contributed by atoms with Crippen LogP contribution in [0.4, 0.5) is 5.69 Å². The van der Waals surface area contributed by atoms with Gasteiger partial charge >= 0.3 is 11.9 Å². The summed E-state index contributed by atoms with van der Waals surface area (Å²) in [4.78, 5) is 35.9. The number of hydrogen-bond donors (Lipinski definition) is 1. The lowest BCUT2D eigenvalue weighted by molar-refractivity contribution is -0.384. The van der Waals surface area contributed by atoms with E-state index >= 15 is 0 Å². The minimum absolute atomic E-state index is 0.0868. The zero-order chi connectivity index (χ0) is 21.0. The molecule has 1 N–H and O–H groups in total. The number of hydrogen-bond acceptors (Lipinski definition) is 7. The SMILES string of the molecule is C=C1NC(C)=C(C(=O)OC(C)C)C(c2ccc([N+](=O)[O-])cc2)C1C(=O)OCC. The van der Waals surface area contributed by atoms with Crippen LogP contribution in [0.15, 0.2) is 47.8 Å². The lowest BCUT2D eigenvalue weighted by Gasteiger charge is -2.35. The van der Waals surface area contributed by atoms with Gasteiger partial charge < -0.3 is 14.8 Å². The van der Waals surface area contributed by atoms with Crippen molar-refractivity contribution in [1.29, 1.82) is 0 Å². The second-order valence-corrected chi connectivity index (χ2v) is 6.70. The molecule has 150 valence electrons. The van der Waals surface area contributed by atoms with Gasteiger partial charge in [-0.15, -0.1) is 0 Å². The zero-order valence-corrected chi connectivity index (χ0v) is 16.4. The zero-order valence-electron chi connectivity index (χ0n) is 16.4. The molecule has 0 aliphatic carbocycles. The lowest BCUT2D eigenvalue weighted by Crippen LogP contribution is -2.40. The highest BCUT2D eigenvalue weighted by Gasteiger charge is 2.43. The molecule has 0 radical (unpaired) electrons. The largest absolute Gasteiger partial charge is 0.465 e. The van der Waals surface area contributed by atoms with E-state index in [9.17, 15) is 19.7 Å². The average Bonchev–Trinajstić information content (AvgIpc) is 2.60. The van der Waals surface area contributed by atoms with Crippen LogP contribution < -0.4 is 5.32 Å². The molecule has 8 heteroatoms. The molecule has 0 fully saturated rings. The van der Waals surface area contributed by atoms with E-state index in [2.05, 4.69) is 11.9 Å². The van der Waals surface area contributed by atoms with Crippen molar-refractivity contribution in [1.82, 2.24) is 5.32 Å². The first-order chi connectivity index (χ1) is 13.2. The summed E-state index contributed by atoms with van der Waals surface area (Å²) >= 11 is 0. The van der Waals surface area contributed by atoms with Crippen LogP contribution in [0.1, 0.15) is 39.2 Å². The van der Waals surface area contributed by atoms with Crippen molar-refractivity contribution in [3.63, 3.8) is 0 Å². The number of non-ortho nitro benzene ring substituents is 1. The quantitative estimate of drug-likeness (QED) is 0.453. The fourth-order valence-electron chi connectivity index (χ4n) is 3.22. The third-order valence-corrected chi connectivity index (χ3v) is 4.34. The van der Waals surface area contributed by atoms with Crippen LogP contribution in [-0.2, 0) is 19.1 Å². The van der Waals surface area contributed by atoms with E-state index in [-0.39, 0.29) is 24.0 Å². The molecule has 8 nitrogen and oxygen atoms in total. The first-order valence-electron chi connectivity index (χ1n) is 8.95. The van der Waals surface area contributed by atoms with E-state index in [0.29, 0.717) is 17.0 Å². The summed E-state index contributed by atoms with van der Waals surface area (Å²) in [5, 5.41) is 13.9. The minimum Gasteiger partial charge on any atom is -0.465 e. The highest BCUT2D eigenvalue weighted by molar-refractivity contribution is 5.94. The number of nitro benzene ring substituents is 1. The van der Waals surface area contributed by atoms with Crippen LogP contribution in [0, 0.1) is 16.0 Å². The van der Waals surface area contributed by atoms with Gasteiger partial charge in [-0.1, -0.05) is 18.7 Å². The van der Waals surface area contributed by atoms with Crippen LogP contribution in [0.3, 0.4) is 0 Å². The van der Waals surface area contributed by atoms with Gasteiger partial charge in [0.25, 0.3) is 5.69 Å². The van der Waals surface area contributed by atoms with Crippen molar-refractivity contribution < 1.29 is 24.0 Å². The average molecular weight is 388 g/mol. The number of allylic oxidation sites excluding steroid dienone is 1. The lowest BCUT2D eigenvalue weighted by atomic mass is 9.75. The van der Waals surface area contributed by atoms with Crippen molar-refractivity contribution in [2.75, 3.05) is 6.61 Å². The molecule has 1 aliphatic heterocycles. The molecular formula is C20H24N2O6. The monoisotopic (exact) mass is 388 g/mol. The molecule has 2 atom stereocenters. The van der Waals surface area contributed by atoms with Crippen LogP contribution in [-0.4, -0.2) is 29.6 Å². The molecule has 1 aromatic carbocycles. The Hall–Kier alpha value is -3.16. The van der Waals surface area contributed by atoms with Gasteiger partial charge in [0.15, 0.2) is 0 Å². The molecule has 28 heavy (non-hydrogen) atoms. The molecule has 0 aromatic heterocycles. The number of carbonyl (C=O) groups is 2. The summed E-state index contributed by atoms with van der Waals surface area (Å²) in [5.74, 6) is -2.71. The van der Waals surface area contributed by atoms with Gasteiger partial charge in [0.1, 0.15) is 5.92 Å². The highest BCUT2D eigenvalue weighted by atomic mass is 16.6. The number of rotatable bonds is 6. The van der Waals surface area contributed by atoms with E-state index in [4.69, 9.17) is 9.47 Å². The summed E-state index contributed by atoms with van der Waals surface area (Å²) in [6.45, 7) is 10.9.